The number of fused-ring (bicyclic) bond motifs is 10. The van der Waals surface area contributed by atoms with Crippen LogP contribution in [0.2, 0.25) is 0 Å². The SMILES string of the molecule is [2H]c1c[n+]2c(c([2H])c1[2H])-c1c([2H])c([2H])c([2H])c([2H])c1C2.c1cc[n+]2c(c1)-c1c(ccc3c1sc1ccccc13)C2. The van der Waals surface area contributed by atoms with Gasteiger partial charge >= 0.3 is 0 Å². The summed E-state index contributed by atoms with van der Waals surface area (Å²) in [6, 6.07) is 18.3. The van der Waals surface area contributed by atoms with Gasteiger partial charge < -0.3 is 0 Å². The van der Waals surface area contributed by atoms with Crippen LogP contribution in [0.15, 0.2) is 109 Å². The van der Waals surface area contributed by atoms with E-state index in [1.165, 1.54) is 43.2 Å². The molecular weight excluding hydrogens is 420 g/mol. The second kappa shape index (κ2) is 7.36. The van der Waals surface area contributed by atoms with Gasteiger partial charge in [0.2, 0.25) is 11.4 Å². The third-order valence-corrected chi connectivity index (χ3v) is 7.47. The Morgan fingerprint density at radius 1 is 0.667 bits per heavy atom. The van der Waals surface area contributed by atoms with Gasteiger partial charge in [0.05, 0.1) is 20.7 Å². The summed E-state index contributed by atoms with van der Waals surface area (Å²) in [6.45, 7) is 1.19. The van der Waals surface area contributed by atoms with E-state index in [1.54, 1.807) is 4.57 Å². The first kappa shape index (κ1) is 13.0. The van der Waals surface area contributed by atoms with Crippen molar-refractivity contribution < 1.29 is 18.7 Å². The molecule has 3 heteroatoms. The number of aromatic nitrogens is 2. The Morgan fingerprint density at radius 3 is 2.48 bits per heavy atom. The Kier molecular flexibility index (Phi) is 2.91. The lowest BCUT2D eigenvalue weighted by molar-refractivity contribution is -0.672. The van der Waals surface area contributed by atoms with E-state index >= 15 is 0 Å². The predicted molar refractivity (Wildman–Crippen MR) is 135 cm³/mol. The number of benzene rings is 3. The van der Waals surface area contributed by atoms with Crippen molar-refractivity contribution in [2.24, 2.45) is 0 Å². The van der Waals surface area contributed by atoms with E-state index in [4.69, 9.17) is 9.60 Å². The monoisotopic (exact) mass is 449 g/mol. The first-order valence-electron chi connectivity index (χ1n) is 14.3. The van der Waals surface area contributed by atoms with Crippen LogP contribution in [0.3, 0.4) is 0 Å². The zero-order valence-electron chi connectivity index (χ0n) is 24.6. The van der Waals surface area contributed by atoms with Gasteiger partial charge in [-0.2, -0.15) is 9.13 Å². The Bertz CT molecular complexity index is 2050. The van der Waals surface area contributed by atoms with Crippen molar-refractivity contribution in [1.29, 1.82) is 0 Å². The van der Waals surface area contributed by atoms with Gasteiger partial charge in [-0.1, -0.05) is 48.5 Å². The smallest absolute Gasteiger partial charge is 0.194 e. The van der Waals surface area contributed by atoms with Gasteiger partial charge in [-0.25, -0.2) is 0 Å². The lowest BCUT2D eigenvalue weighted by Gasteiger charge is -1.97. The summed E-state index contributed by atoms with van der Waals surface area (Å²) in [7, 11) is 0. The van der Waals surface area contributed by atoms with Crippen LogP contribution in [0, 0.1) is 0 Å². The standard InChI is InChI=1S/C18H12NS.C12H10N/c1-2-7-16-13(5-1)14-9-8-12-11-19-10-4-3-6-15(19)17(12)18(14)20-16;1-2-6-11-10(5-1)9-13-8-4-3-7-12(11)13/h1-10H,11H2;1-8H,9H2/q2*+1/i;1D,2D,3D,4D,5D,6D,7D. The fourth-order valence-electron chi connectivity index (χ4n) is 4.77. The molecule has 2 aliphatic rings. The van der Waals surface area contributed by atoms with Crippen LogP contribution in [0.4, 0.5) is 0 Å². The fraction of sp³-hybridized carbons (Fsp3) is 0.0667. The molecule has 0 fully saturated rings. The summed E-state index contributed by atoms with van der Waals surface area (Å²) in [5, 5.41) is 2.77. The third-order valence-electron chi connectivity index (χ3n) is 6.26. The average molecular weight is 450 g/mol. The van der Waals surface area contributed by atoms with Crippen molar-refractivity contribution in [1.82, 2.24) is 0 Å². The minimum atomic E-state index is -0.344. The summed E-state index contributed by atoms with van der Waals surface area (Å²) in [5.74, 6) is 0. The Labute approximate surface area is 206 Å². The molecule has 3 aromatic carbocycles. The number of rotatable bonds is 0. The lowest BCUT2D eigenvalue weighted by atomic mass is 10.0. The van der Waals surface area contributed by atoms with Gasteiger partial charge in [0.15, 0.2) is 25.5 Å². The summed E-state index contributed by atoms with van der Waals surface area (Å²) in [6.07, 6.45) is 3.57. The van der Waals surface area contributed by atoms with Crippen molar-refractivity contribution in [2.75, 3.05) is 0 Å². The maximum Gasteiger partial charge on any atom is 0.214 e. The van der Waals surface area contributed by atoms with E-state index in [-0.39, 0.29) is 60.1 Å². The minimum Gasteiger partial charge on any atom is -0.194 e. The largest absolute Gasteiger partial charge is 0.214 e. The van der Waals surface area contributed by atoms with Gasteiger partial charge in [0.25, 0.3) is 0 Å². The second-order valence-corrected chi connectivity index (χ2v) is 9.19. The van der Waals surface area contributed by atoms with Gasteiger partial charge in [0, 0.05) is 55.5 Å². The van der Waals surface area contributed by atoms with Gasteiger partial charge in [-0.15, -0.1) is 11.3 Å². The average Bonchev–Trinajstić information content (AvgIpc) is 3.65. The number of pyridine rings is 2. The lowest BCUT2D eigenvalue weighted by Crippen LogP contribution is -2.31. The molecule has 156 valence electrons. The summed E-state index contributed by atoms with van der Waals surface area (Å²) in [5.41, 5.74) is 5.19. The molecule has 0 unspecified atom stereocenters. The van der Waals surface area contributed by atoms with Crippen LogP contribution >= 0.6 is 11.3 Å². The van der Waals surface area contributed by atoms with Crippen molar-refractivity contribution in [2.45, 2.75) is 13.1 Å². The van der Waals surface area contributed by atoms with Crippen molar-refractivity contribution in [3.63, 3.8) is 0 Å². The molecule has 2 aliphatic heterocycles. The zero-order valence-corrected chi connectivity index (χ0v) is 18.4. The molecule has 3 aromatic heterocycles. The number of hydrogen-bond acceptors (Lipinski definition) is 1. The van der Waals surface area contributed by atoms with Crippen molar-refractivity contribution in [3.8, 4) is 22.5 Å². The normalized spacial score (nSPS) is 15.6. The van der Waals surface area contributed by atoms with E-state index in [1.807, 2.05) is 11.3 Å². The predicted octanol–water partition coefficient (Wildman–Crippen LogP) is 6.37. The molecule has 33 heavy (non-hydrogen) atoms. The molecule has 5 heterocycles. The van der Waals surface area contributed by atoms with Crippen LogP contribution in [0.1, 0.15) is 20.7 Å². The van der Waals surface area contributed by atoms with Crippen LogP contribution in [0.5, 0.6) is 0 Å². The zero-order chi connectivity index (χ0) is 27.9. The van der Waals surface area contributed by atoms with E-state index in [0.717, 1.165) is 6.54 Å². The maximum absolute atomic E-state index is 7.97. The van der Waals surface area contributed by atoms with E-state index in [0.29, 0.717) is 5.56 Å². The number of thiophene rings is 1. The Morgan fingerprint density at radius 2 is 1.48 bits per heavy atom. The highest BCUT2D eigenvalue weighted by molar-refractivity contribution is 7.26. The molecule has 0 spiro atoms. The second-order valence-electron chi connectivity index (χ2n) is 8.14. The number of nitrogens with zero attached hydrogens (tertiary/aromatic N) is 2. The fourth-order valence-corrected chi connectivity index (χ4v) is 6.05. The Balaban J connectivity index is 0.000000132. The van der Waals surface area contributed by atoms with Gasteiger partial charge in [-0.3, -0.25) is 0 Å². The van der Waals surface area contributed by atoms with Crippen molar-refractivity contribution >= 4 is 31.5 Å². The molecule has 0 amide bonds. The third kappa shape index (κ3) is 2.93. The van der Waals surface area contributed by atoms with Gasteiger partial charge in [-0.05, 0) is 24.2 Å². The first-order valence-corrected chi connectivity index (χ1v) is 11.6. The molecule has 0 radical (unpaired) electrons. The highest BCUT2D eigenvalue weighted by Gasteiger charge is 2.28. The van der Waals surface area contributed by atoms with E-state index in [9.17, 15) is 0 Å². The molecule has 0 saturated heterocycles. The Hall–Kier alpha value is -3.82. The van der Waals surface area contributed by atoms with Crippen molar-refractivity contribution in [3.05, 3.63) is 120 Å². The highest BCUT2D eigenvalue weighted by Crippen LogP contribution is 2.42. The summed E-state index contributed by atoms with van der Waals surface area (Å²) >= 11 is 1.92. The van der Waals surface area contributed by atoms with Gasteiger partial charge in [0.1, 0.15) is 0 Å². The number of hydrogen-bond donors (Lipinski definition) is 0. The van der Waals surface area contributed by atoms with Crippen LogP contribution < -0.4 is 9.13 Å². The topological polar surface area (TPSA) is 7.76 Å². The molecule has 0 atom stereocenters. The van der Waals surface area contributed by atoms with Crippen LogP contribution in [-0.2, 0) is 13.1 Å². The van der Waals surface area contributed by atoms with E-state index in [2.05, 4.69) is 65.4 Å². The molecule has 0 bridgehead atoms. The molecule has 2 nitrogen and oxygen atoms in total. The van der Waals surface area contributed by atoms with Crippen LogP contribution in [-0.4, -0.2) is 0 Å². The minimum absolute atomic E-state index is 0.0955. The summed E-state index contributed by atoms with van der Waals surface area (Å²) in [4.78, 5) is 0. The van der Waals surface area contributed by atoms with E-state index < -0.39 is 0 Å². The highest BCUT2D eigenvalue weighted by atomic mass is 32.1. The molecule has 6 aromatic rings. The first-order chi connectivity index (χ1) is 19.3. The summed E-state index contributed by atoms with van der Waals surface area (Å²) < 4.78 is 61.2. The molecule has 0 saturated carbocycles. The molecular formula is C30H22N2S+2. The molecule has 0 aliphatic carbocycles. The quantitative estimate of drug-likeness (QED) is 0.238. The molecule has 8 rings (SSSR count). The molecule has 0 N–H and O–H groups in total. The van der Waals surface area contributed by atoms with Crippen LogP contribution in [0.25, 0.3) is 42.7 Å². The maximum atomic E-state index is 7.97.